The van der Waals surface area contributed by atoms with Crippen LogP contribution in [0.2, 0.25) is 0 Å². The number of rotatable bonds is 1. The standard InChI is InChI=1S/C8H8NS.Y/c1-6-4-2-3-5-7(6)8(9)10;/h2-4H,1H3,(H2,9,10);/q-1;. The van der Waals surface area contributed by atoms with Crippen LogP contribution in [0.3, 0.4) is 0 Å². The fourth-order valence-corrected chi connectivity index (χ4v) is 1.01. The third kappa shape index (κ3) is 2.98. The van der Waals surface area contributed by atoms with E-state index in [1.165, 1.54) is 0 Å². The molecule has 0 heterocycles. The van der Waals surface area contributed by atoms with Crippen LogP contribution in [-0.4, -0.2) is 4.99 Å². The molecule has 1 rings (SSSR count). The summed E-state index contributed by atoms with van der Waals surface area (Å²) in [7, 11) is 0. The average Bonchev–Trinajstić information content (AvgIpc) is 1.88. The quantitative estimate of drug-likeness (QED) is 0.592. The van der Waals surface area contributed by atoms with E-state index >= 15 is 0 Å². The van der Waals surface area contributed by atoms with Crippen LogP contribution in [0, 0.1) is 13.0 Å². The largest absolute Gasteiger partial charge is 0.427 e. The number of hydrogen-bond donors (Lipinski definition) is 1. The molecule has 11 heavy (non-hydrogen) atoms. The van der Waals surface area contributed by atoms with Crippen molar-refractivity contribution in [3.05, 3.63) is 35.4 Å². The average molecular weight is 239 g/mol. The van der Waals surface area contributed by atoms with Gasteiger partial charge >= 0.3 is 0 Å². The van der Waals surface area contributed by atoms with Crippen molar-refractivity contribution >= 4 is 17.2 Å². The Kier molecular flexibility index (Phi) is 5.06. The molecule has 0 fully saturated rings. The van der Waals surface area contributed by atoms with Crippen molar-refractivity contribution in [1.82, 2.24) is 0 Å². The summed E-state index contributed by atoms with van der Waals surface area (Å²) >= 11 is 4.80. The Bertz CT molecular complexity index is 260. The SMILES string of the molecule is Cc1ccc[c-]c1C(N)=S.[Y]. The summed E-state index contributed by atoms with van der Waals surface area (Å²) in [5, 5.41) is 0. The second kappa shape index (κ2) is 4.97. The van der Waals surface area contributed by atoms with E-state index in [1.807, 2.05) is 25.1 Å². The predicted octanol–water partition coefficient (Wildman–Crippen LogP) is 1.43. The molecule has 1 radical (unpaired) electrons. The van der Waals surface area contributed by atoms with Gasteiger partial charge in [-0.3, -0.25) is 0 Å². The molecule has 0 saturated carbocycles. The van der Waals surface area contributed by atoms with Gasteiger partial charge in [0, 0.05) is 37.7 Å². The molecule has 0 aliphatic carbocycles. The maximum atomic E-state index is 5.41. The first kappa shape index (κ1) is 11.2. The van der Waals surface area contributed by atoms with E-state index in [0.29, 0.717) is 4.99 Å². The first-order valence-electron chi connectivity index (χ1n) is 2.99. The summed E-state index contributed by atoms with van der Waals surface area (Å²) in [5.74, 6) is 0. The van der Waals surface area contributed by atoms with Crippen molar-refractivity contribution < 1.29 is 32.7 Å². The maximum absolute atomic E-state index is 5.41. The Labute approximate surface area is 97.2 Å². The van der Waals surface area contributed by atoms with E-state index in [2.05, 4.69) is 6.07 Å². The molecule has 0 spiro atoms. The summed E-state index contributed by atoms with van der Waals surface area (Å²) in [4.78, 5) is 0.415. The van der Waals surface area contributed by atoms with Crippen molar-refractivity contribution in [3.63, 3.8) is 0 Å². The molecule has 2 N–H and O–H groups in total. The van der Waals surface area contributed by atoms with Gasteiger partial charge in [0.1, 0.15) is 0 Å². The number of benzene rings is 1. The van der Waals surface area contributed by atoms with Crippen LogP contribution in [0.15, 0.2) is 18.2 Å². The number of nitrogens with two attached hydrogens (primary N) is 1. The van der Waals surface area contributed by atoms with Crippen LogP contribution >= 0.6 is 12.2 Å². The van der Waals surface area contributed by atoms with Gasteiger partial charge in [-0.05, 0) is 0 Å². The van der Waals surface area contributed by atoms with Crippen LogP contribution in [0.5, 0.6) is 0 Å². The monoisotopic (exact) mass is 239 g/mol. The van der Waals surface area contributed by atoms with E-state index in [9.17, 15) is 0 Å². The fourth-order valence-electron chi connectivity index (χ4n) is 0.787. The van der Waals surface area contributed by atoms with E-state index < -0.39 is 0 Å². The van der Waals surface area contributed by atoms with Crippen LogP contribution in [-0.2, 0) is 32.7 Å². The summed E-state index contributed by atoms with van der Waals surface area (Å²) in [5.41, 5.74) is 7.34. The Morgan fingerprint density at radius 1 is 1.64 bits per heavy atom. The van der Waals surface area contributed by atoms with Crippen molar-refractivity contribution in [2.45, 2.75) is 6.92 Å². The zero-order valence-electron chi connectivity index (χ0n) is 6.29. The molecule has 0 amide bonds. The normalized spacial score (nSPS) is 8.45. The third-order valence-electron chi connectivity index (χ3n) is 1.31. The minimum Gasteiger partial charge on any atom is -0.427 e. The van der Waals surface area contributed by atoms with Gasteiger partial charge in [0.05, 0.1) is 0 Å². The molecule has 1 aromatic rings. The van der Waals surface area contributed by atoms with Gasteiger partial charge in [0.25, 0.3) is 0 Å². The Balaban J connectivity index is 0.000001000. The molecule has 0 unspecified atom stereocenters. The Morgan fingerprint density at radius 3 is 2.64 bits per heavy atom. The first-order valence-corrected chi connectivity index (χ1v) is 3.40. The maximum Gasteiger partial charge on any atom is 0.0205 e. The predicted molar refractivity (Wildman–Crippen MR) is 45.9 cm³/mol. The summed E-state index contributed by atoms with van der Waals surface area (Å²) in [6, 6.07) is 8.65. The summed E-state index contributed by atoms with van der Waals surface area (Å²) in [6.07, 6.45) is 0. The van der Waals surface area contributed by atoms with E-state index in [4.69, 9.17) is 18.0 Å². The second-order valence-electron chi connectivity index (χ2n) is 2.09. The van der Waals surface area contributed by atoms with Crippen LogP contribution < -0.4 is 5.73 Å². The van der Waals surface area contributed by atoms with Crippen molar-refractivity contribution in [1.29, 1.82) is 0 Å². The zero-order chi connectivity index (χ0) is 7.56. The Hall–Kier alpha value is 0.214. The molecular weight excluding hydrogens is 231 g/mol. The molecule has 0 aromatic heterocycles. The minimum absolute atomic E-state index is 0. The molecule has 3 heteroatoms. The number of thiocarbonyl (C=S) groups is 1. The smallest absolute Gasteiger partial charge is 0.0205 e. The van der Waals surface area contributed by atoms with Crippen molar-refractivity contribution in [2.75, 3.05) is 0 Å². The molecule has 55 valence electrons. The zero-order valence-corrected chi connectivity index (χ0v) is 9.95. The molecule has 1 aromatic carbocycles. The molecule has 0 aliphatic rings. The molecular formula is C8H8NSY-. The Morgan fingerprint density at radius 2 is 2.27 bits per heavy atom. The molecule has 0 saturated heterocycles. The minimum atomic E-state index is 0. The molecule has 0 aliphatic heterocycles. The number of hydrogen-bond acceptors (Lipinski definition) is 1. The van der Waals surface area contributed by atoms with Gasteiger partial charge in [-0.1, -0.05) is 6.92 Å². The van der Waals surface area contributed by atoms with Crippen LogP contribution in [0.1, 0.15) is 11.1 Å². The molecule has 1 nitrogen and oxygen atoms in total. The fraction of sp³-hybridized carbons (Fsp3) is 0.125. The van der Waals surface area contributed by atoms with E-state index in [1.54, 1.807) is 0 Å². The van der Waals surface area contributed by atoms with Crippen molar-refractivity contribution in [3.8, 4) is 0 Å². The van der Waals surface area contributed by atoms with Gasteiger partial charge in [-0.15, -0.1) is 47.6 Å². The van der Waals surface area contributed by atoms with E-state index in [0.717, 1.165) is 11.1 Å². The van der Waals surface area contributed by atoms with Crippen molar-refractivity contribution in [2.24, 2.45) is 5.73 Å². The second-order valence-corrected chi connectivity index (χ2v) is 2.53. The van der Waals surface area contributed by atoms with Gasteiger partial charge in [-0.25, -0.2) is 0 Å². The summed E-state index contributed by atoms with van der Waals surface area (Å²) in [6.45, 7) is 1.96. The molecule has 0 atom stereocenters. The van der Waals surface area contributed by atoms with Gasteiger partial charge in [-0.2, -0.15) is 0 Å². The topological polar surface area (TPSA) is 26.0 Å². The van der Waals surface area contributed by atoms with Gasteiger partial charge in [0.15, 0.2) is 0 Å². The first-order chi connectivity index (χ1) is 4.72. The van der Waals surface area contributed by atoms with Gasteiger partial charge < -0.3 is 5.73 Å². The third-order valence-corrected chi connectivity index (χ3v) is 1.51. The van der Waals surface area contributed by atoms with Crippen LogP contribution in [0.4, 0.5) is 0 Å². The number of aryl methyl sites for hydroxylation is 1. The summed E-state index contributed by atoms with van der Waals surface area (Å²) < 4.78 is 0. The van der Waals surface area contributed by atoms with Crippen LogP contribution in [0.25, 0.3) is 0 Å². The van der Waals surface area contributed by atoms with E-state index in [-0.39, 0.29) is 32.7 Å². The molecule has 0 bridgehead atoms. The van der Waals surface area contributed by atoms with Gasteiger partial charge in [0.2, 0.25) is 0 Å².